The quantitative estimate of drug-likeness (QED) is 0.193. The summed E-state index contributed by atoms with van der Waals surface area (Å²) in [5.41, 5.74) is 9.71. The van der Waals surface area contributed by atoms with Gasteiger partial charge in [0.2, 0.25) is 0 Å². The van der Waals surface area contributed by atoms with Crippen LogP contribution in [0.1, 0.15) is 20.8 Å². The minimum Gasteiger partial charge on any atom is -0.289 e. The van der Waals surface area contributed by atoms with Crippen LogP contribution in [0.2, 0.25) is 5.02 Å². The van der Waals surface area contributed by atoms with Crippen LogP contribution in [-0.2, 0) is 14.8 Å². The fourth-order valence-corrected chi connectivity index (χ4v) is 3.38. The Balaban J connectivity index is 2.48. The standard InChI is InChI=1S/C16H14ClN5O3S/c1-9-8-14(23)16(20-22-18)10(2)15(9)19-11(3)21-26(24,25)13-6-4-12(17)5-7-13/h4-8H,1-3H3. The summed E-state index contributed by atoms with van der Waals surface area (Å²) in [6.45, 7) is 4.64. The average Bonchev–Trinajstić information content (AvgIpc) is 2.55. The Morgan fingerprint density at radius 1 is 1.19 bits per heavy atom. The van der Waals surface area contributed by atoms with Crippen molar-refractivity contribution in [3.63, 3.8) is 0 Å². The van der Waals surface area contributed by atoms with Crippen LogP contribution in [0, 0.1) is 0 Å². The minimum atomic E-state index is -3.96. The first-order valence-electron chi connectivity index (χ1n) is 7.31. The molecule has 0 aliphatic heterocycles. The fraction of sp³-hybridized carbons (Fsp3) is 0.188. The summed E-state index contributed by atoms with van der Waals surface area (Å²) in [5.74, 6) is -0.461. The summed E-state index contributed by atoms with van der Waals surface area (Å²) in [4.78, 5) is 18.7. The van der Waals surface area contributed by atoms with Gasteiger partial charge < -0.3 is 0 Å². The van der Waals surface area contributed by atoms with Gasteiger partial charge in [0, 0.05) is 9.93 Å². The Bertz CT molecular complexity index is 1040. The van der Waals surface area contributed by atoms with Crippen LogP contribution in [0.5, 0.6) is 0 Å². The molecule has 0 saturated carbocycles. The summed E-state index contributed by atoms with van der Waals surface area (Å²) in [6.07, 6.45) is 1.27. The van der Waals surface area contributed by atoms with Gasteiger partial charge in [-0.1, -0.05) is 16.7 Å². The van der Waals surface area contributed by atoms with Crippen LogP contribution >= 0.6 is 11.6 Å². The molecule has 26 heavy (non-hydrogen) atoms. The molecule has 1 aromatic rings. The summed E-state index contributed by atoms with van der Waals surface area (Å²) in [5, 5.41) is 3.79. The number of carbonyl (C=O) groups is 1. The van der Waals surface area contributed by atoms with E-state index in [9.17, 15) is 13.2 Å². The molecule has 134 valence electrons. The van der Waals surface area contributed by atoms with E-state index in [1.807, 2.05) is 0 Å². The lowest BCUT2D eigenvalue weighted by molar-refractivity contribution is -0.111. The maximum atomic E-state index is 12.3. The average molecular weight is 392 g/mol. The van der Waals surface area contributed by atoms with Crippen LogP contribution in [0.4, 0.5) is 0 Å². The molecule has 8 nitrogen and oxygen atoms in total. The highest BCUT2D eigenvalue weighted by Gasteiger charge is 2.21. The number of hydrogen-bond acceptors (Lipinski definition) is 4. The van der Waals surface area contributed by atoms with Crippen molar-refractivity contribution in [3.8, 4) is 0 Å². The number of halogens is 1. The number of sulfonamides is 1. The molecule has 0 unspecified atom stereocenters. The smallest absolute Gasteiger partial charge is 0.283 e. The van der Waals surface area contributed by atoms with E-state index in [4.69, 9.17) is 17.1 Å². The van der Waals surface area contributed by atoms with E-state index in [2.05, 4.69) is 19.4 Å². The second kappa shape index (κ2) is 7.65. The van der Waals surface area contributed by atoms with Crippen LogP contribution in [-0.4, -0.2) is 25.7 Å². The first-order chi connectivity index (χ1) is 12.2. The van der Waals surface area contributed by atoms with Crippen molar-refractivity contribution in [2.75, 3.05) is 0 Å². The molecule has 0 atom stereocenters. The van der Waals surface area contributed by atoms with Gasteiger partial charge in [0.1, 0.15) is 5.84 Å². The number of azide groups is 1. The lowest BCUT2D eigenvalue weighted by atomic mass is 9.94. The van der Waals surface area contributed by atoms with E-state index in [0.717, 1.165) is 0 Å². The second-order valence-electron chi connectivity index (χ2n) is 5.38. The fourth-order valence-electron chi connectivity index (χ4n) is 2.28. The third kappa shape index (κ3) is 4.26. The van der Waals surface area contributed by atoms with Crippen molar-refractivity contribution in [2.45, 2.75) is 25.7 Å². The molecule has 0 bridgehead atoms. The van der Waals surface area contributed by atoms with Crippen molar-refractivity contribution in [1.82, 2.24) is 0 Å². The molecule has 10 heteroatoms. The Hall–Kier alpha value is -2.74. The zero-order chi connectivity index (χ0) is 19.5. The van der Waals surface area contributed by atoms with Crippen molar-refractivity contribution in [2.24, 2.45) is 14.5 Å². The largest absolute Gasteiger partial charge is 0.289 e. The van der Waals surface area contributed by atoms with Crippen LogP contribution in [0.3, 0.4) is 0 Å². The highest BCUT2D eigenvalue weighted by Crippen LogP contribution is 2.22. The van der Waals surface area contributed by atoms with Crippen molar-refractivity contribution in [3.05, 3.63) is 62.7 Å². The highest BCUT2D eigenvalue weighted by molar-refractivity contribution is 7.90. The predicted molar refractivity (Wildman–Crippen MR) is 99.8 cm³/mol. The molecule has 0 amide bonds. The van der Waals surface area contributed by atoms with Gasteiger partial charge in [-0.15, -0.1) is 4.40 Å². The number of hydrogen-bond donors (Lipinski definition) is 0. The summed E-state index contributed by atoms with van der Waals surface area (Å²) in [7, 11) is -3.96. The van der Waals surface area contributed by atoms with E-state index < -0.39 is 15.8 Å². The molecular weight excluding hydrogens is 378 g/mol. The third-order valence-corrected chi connectivity index (χ3v) is 5.07. The molecule has 0 saturated heterocycles. The molecule has 1 aliphatic rings. The van der Waals surface area contributed by atoms with Gasteiger partial charge in [0.05, 0.1) is 16.3 Å². The molecule has 1 aliphatic carbocycles. The number of allylic oxidation sites excluding steroid dienone is 3. The van der Waals surface area contributed by atoms with Crippen molar-refractivity contribution < 1.29 is 13.2 Å². The van der Waals surface area contributed by atoms with Gasteiger partial charge in [-0.05, 0) is 67.8 Å². The zero-order valence-corrected chi connectivity index (χ0v) is 15.7. The van der Waals surface area contributed by atoms with E-state index in [1.165, 1.54) is 37.3 Å². The highest BCUT2D eigenvalue weighted by atomic mass is 35.5. The molecule has 0 fully saturated rings. The number of rotatable bonds is 3. The van der Waals surface area contributed by atoms with Gasteiger partial charge >= 0.3 is 0 Å². The Labute approximate surface area is 155 Å². The number of aliphatic imine (C=N–C) groups is 1. The number of carbonyl (C=O) groups excluding carboxylic acids is 1. The van der Waals surface area contributed by atoms with Gasteiger partial charge in [0.25, 0.3) is 10.0 Å². The van der Waals surface area contributed by atoms with E-state index in [1.54, 1.807) is 13.8 Å². The molecule has 2 rings (SSSR count). The number of amidine groups is 1. The molecule has 0 aromatic heterocycles. The topological polar surface area (TPSA) is 125 Å². The summed E-state index contributed by atoms with van der Waals surface area (Å²) < 4.78 is 28.3. The number of nitrogens with zero attached hydrogens (tertiary/aromatic N) is 5. The van der Waals surface area contributed by atoms with Gasteiger partial charge in [0.15, 0.2) is 5.78 Å². The zero-order valence-electron chi connectivity index (χ0n) is 14.1. The summed E-state index contributed by atoms with van der Waals surface area (Å²) >= 11 is 5.75. The first kappa shape index (κ1) is 19.6. The maximum absolute atomic E-state index is 12.3. The Morgan fingerprint density at radius 3 is 2.38 bits per heavy atom. The van der Waals surface area contributed by atoms with E-state index in [0.29, 0.717) is 21.9 Å². The molecule has 0 heterocycles. The molecule has 1 aromatic carbocycles. The SMILES string of the molecule is CC1=CC(=O)C(N=[N+]=[N-])=C(C)C1=NC(C)=NS(=O)(=O)c1ccc(Cl)cc1. The normalized spacial score (nSPS) is 17.2. The number of ketones is 1. The molecule has 0 N–H and O–H groups in total. The predicted octanol–water partition coefficient (Wildman–Crippen LogP) is 4.00. The monoisotopic (exact) mass is 391 g/mol. The Morgan fingerprint density at radius 2 is 1.81 bits per heavy atom. The lowest BCUT2D eigenvalue weighted by Gasteiger charge is -2.15. The van der Waals surface area contributed by atoms with E-state index >= 15 is 0 Å². The third-order valence-electron chi connectivity index (χ3n) is 3.45. The van der Waals surface area contributed by atoms with Crippen molar-refractivity contribution in [1.29, 1.82) is 0 Å². The molecular formula is C16H14ClN5O3S. The maximum Gasteiger partial charge on any atom is 0.283 e. The Kier molecular flexibility index (Phi) is 5.76. The van der Waals surface area contributed by atoms with Crippen LogP contribution in [0.25, 0.3) is 10.4 Å². The minimum absolute atomic E-state index is 0.0189. The van der Waals surface area contributed by atoms with Crippen LogP contribution < -0.4 is 0 Å². The van der Waals surface area contributed by atoms with E-state index in [-0.39, 0.29) is 16.4 Å². The van der Waals surface area contributed by atoms with Crippen LogP contribution in [0.15, 0.2) is 66.6 Å². The second-order valence-corrected chi connectivity index (χ2v) is 7.42. The summed E-state index contributed by atoms with van der Waals surface area (Å²) in [6, 6.07) is 5.58. The van der Waals surface area contributed by atoms with Gasteiger partial charge in [-0.25, -0.2) is 4.99 Å². The molecule has 0 spiro atoms. The first-order valence-corrected chi connectivity index (χ1v) is 9.12. The lowest BCUT2D eigenvalue weighted by Crippen LogP contribution is -2.17. The van der Waals surface area contributed by atoms with Crippen molar-refractivity contribution >= 4 is 39.0 Å². The molecule has 0 radical (unpaired) electrons. The number of benzene rings is 1. The van der Waals surface area contributed by atoms with Gasteiger partial charge in [-0.3, -0.25) is 4.79 Å². The van der Waals surface area contributed by atoms with Gasteiger partial charge in [-0.2, -0.15) is 8.42 Å².